The molecule has 1 N–H and O–H groups in total. The van der Waals surface area contributed by atoms with Crippen LogP contribution in [0, 0.1) is 6.92 Å². The smallest absolute Gasteiger partial charge is 0.360 e. The molecule has 0 saturated heterocycles. The maximum absolute atomic E-state index is 11.4. The summed E-state index contributed by atoms with van der Waals surface area (Å²) < 4.78 is 6.44. The highest BCUT2D eigenvalue weighted by atomic mass is 16.5. The van der Waals surface area contributed by atoms with Crippen LogP contribution in [0.4, 0.5) is 0 Å². The average Bonchev–Trinajstić information content (AvgIpc) is 2.57. The Morgan fingerprint density at radius 2 is 2.31 bits per heavy atom. The number of aliphatic hydroxyl groups excluding tert-OH is 1. The number of aromatic nitrogens is 3. The van der Waals surface area contributed by atoms with Gasteiger partial charge in [0.25, 0.3) is 0 Å². The van der Waals surface area contributed by atoms with E-state index in [2.05, 4.69) is 10.3 Å². The molecule has 0 saturated carbocycles. The van der Waals surface area contributed by atoms with Crippen molar-refractivity contribution in [1.29, 1.82) is 0 Å². The summed E-state index contributed by atoms with van der Waals surface area (Å²) >= 11 is 0. The highest BCUT2D eigenvalue weighted by molar-refractivity contribution is 5.88. The van der Waals surface area contributed by atoms with Crippen LogP contribution in [-0.4, -0.2) is 38.8 Å². The van der Waals surface area contributed by atoms with E-state index in [9.17, 15) is 4.79 Å². The van der Waals surface area contributed by atoms with Gasteiger partial charge in [0.1, 0.15) is 0 Å². The molecule has 0 fully saturated rings. The van der Waals surface area contributed by atoms with Crippen molar-refractivity contribution in [3.8, 4) is 0 Å². The summed E-state index contributed by atoms with van der Waals surface area (Å²) in [5.41, 5.74) is 0.909. The number of rotatable bonds is 5. The van der Waals surface area contributed by atoms with Gasteiger partial charge in [-0.1, -0.05) is 5.21 Å². The minimum absolute atomic E-state index is 0.243. The predicted molar refractivity (Wildman–Crippen MR) is 57.0 cm³/mol. The van der Waals surface area contributed by atoms with E-state index in [0.717, 1.165) is 0 Å². The number of hydrogen-bond acceptors (Lipinski definition) is 5. The van der Waals surface area contributed by atoms with Crippen LogP contribution in [0.3, 0.4) is 0 Å². The maximum atomic E-state index is 11.4. The van der Waals surface area contributed by atoms with Crippen LogP contribution in [0.1, 0.15) is 36.5 Å². The largest absolute Gasteiger partial charge is 0.461 e. The zero-order chi connectivity index (χ0) is 12.1. The van der Waals surface area contributed by atoms with Crippen molar-refractivity contribution in [3.05, 3.63) is 11.4 Å². The topological polar surface area (TPSA) is 77.2 Å². The van der Waals surface area contributed by atoms with E-state index in [1.165, 1.54) is 0 Å². The Labute approximate surface area is 94.2 Å². The van der Waals surface area contributed by atoms with Gasteiger partial charge >= 0.3 is 5.97 Å². The number of carbonyl (C=O) groups is 1. The number of aliphatic hydroxyl groups is 1. The molecule has 0 aliphatic rings. The first-order chi connectivity index (χ1) is 7.56. The van der Waals surface area contributed by atoms with Gasteiger partial charge in [0.05, 0.1) is 18.4 Å². The van der Waals surface area contributed by atoms with Crippen molar-refractivity contribution in [2.24, 2.45) is 0 Å². The number of ether oxygens (including phenoxy) is 1. The van der Waals surface area contributed by atoms with Gasteiger partial charge < -0.3 is 9.84 Å². The van der Waals surface area contributed by atoms with Crippen molar-refractivity contribution in [2.45, 2.75) is 39.8 Å². The third-order valence-electron chi connectivity index (χ3n) is 2.21. The number of aryl methyl sites for hydroxylation is 1. The van der Waals surface area contributed by atoms with Gasteiger partial charge in [-0.15, -0.1) is 5.10 Å². The van der Waals surface area contributed by atoms with Gasteiger partial charge in [0.15, 0.2) is 5.69 Å². The summed E-state index contributed by atoms with van der Waals surface area (Å²) in [6.07, 6.45) is 0.182. The molecule has 90 valence electrons. The molecular weight excluding hydrogens is 210 g/mol. The molecule has 0 aromatic carbocycles. The summed E-state index contributed by atoms with van der Waals surface area (Å²) in [5, 5.41) is 16.8. The maximum Gasteiger partial charge on any atom is 0.360 e. The lowest BCUT2D eigenvalue weighted by Gasteiger charge is -2.05. The normalized spacial score (nSPS) is 12.5. The molecule has 0 amide bonds. The summed E-state index contributed by atoms with van der Waals surface area (Å²) in [5.74, 6) is -0.455. The second kappa shape index (κ2) is 5.60. The van der Waals surface area contributed by atoms with E-state index in [4.69, 9.17) is 9.84 Å². The first-order valence-corrected chi connectivity index (χ1v) is 5.31. The van der Waals surface area contributed by atoms with Gasteiger partial charge in [-0.3, -0.25) is 0 Å². The van der Waals surface area contributed by atoms with Crippen LogP contribution in [0.5, 0.6) is 0 Å². The monoisotopic (exact) mass is 227 g/mol. The molecule has 1 unspecified atom stereocenters. The van der Waals surface area contributed by atoms with Gasteiger partial charge in [-0.2, -0.15) is 0 Å². The van der Waals surface area contributed by atoms with Crippen molar-refractivity contribution in [3.63, 3.8) is 0 Å². The lowest BCUT2D eigenvalue weighted by Crippen LogP contribution is -2.11. The quantitative estimate of drug-likeness (QED) is 0.743. The molecule has 1 aromatic heterocycles. The molecule has 1 rings (SSSR count). The predicted octanol–water partition coefficient (Wildman–Crippen LogP) is 0.534. The molecule has 0 bridgehead atoms. The molecule has 6 heteroatoms. The van der Waals surface area contributed by atoms with Crippen LogP contribution in [-0.2, 0) is 11.3 Å². The number of carbonyl (C=O) groups excluding carboxylic acids is 1. The van der Waals surface area contributed by atoms with Crippen molar-refractivity contribution >= 4 is 5.97 Å². The Balaban J connectivity index is 2.72. The van der Waals surface area contributed by atoms with E-state index in [1.54, 1.807) is 25.5 Å². The fraction of sp³-hybridized carbons (Fsp3) is 0.700. The molecule has 0 radical (unpaired) electrons. The molecule has 0 aliphatic heterocycles. The van der Waals surface area contributed by atoms with Crippen molar-refractivity contribution < 1.29 is 14.6 Å². The van der Waals surface area contributed by atoms with Crippen molar-refractivity contribution in [2.75, 3.05) is 6.61 Å². The fourth-order valence-electron chi connectivity index (χ4n) is 1.27. The van der Waals surface area contributed by atoms with Gasteiger partial charge in [0, 0.05) is 6.54 Å². The SMILES string of the molecule is CCOC(=O)c1nnn(CCC(C)O)c1C. The lowest BCUT2D eigenvalue weighted by atomic mass is 10.3. The van der Waals surface area contributed by atoms with Crippen LogP contribution >= 0.6 is 0 Å². The Bertz CT molecular complexity index is 360. The molecule has 0 aliphatic carbocycles. The average molecular weight is 227 g/mol. The standard InChI is InChI=1S/C10H17N3O3/c1-4-16-10(15)9-8(3)13(12-11-9)6-5-7(2)14/h7,14H,4-6H2,1-3H3. The van der Waals surface area contributed by atoms with Gasteiger partial charge in [-0.25, -0.2) is 9.48 Å². The molecular formula is C10H17N3O3. The van der Waals surface area contributed by atoms with E-state index < -0.39 is 12.1 Å². The van der Waals surface area contributed by atoms with E-state index in [-0.39, 0.29) is 5.69 Å². The molecule has 0 spiro atoms. The molecule has 1 aromatic rings. The van der Waals surface area contributed by atoms with E-state index in [0.29, 0.717) is 25.3 Å². The Morgan fingerprint density at radius 1 is 1.62 bits per heavy atom. The summed E-state index contributed by atoms with van der Waals surface area (Å²) in [6, 6.07) is 0. The molecule has 16 heavy (non-hydrogen) atoms. The van der Waals surface area contributed by atoms with Crippen molar-refractivity contribution in [1.82, 2.24) is 15.0 Å². The van der Waals surface area contributed by atoms with Crippen LogP contribution in [0.25, 0.3) is 0 Å². The van der Waals surface area contributed by atoms with Crippen LogP contribution in [0.15, 0.2) is 0 Å². The van der Waals surface area contributed by atoms with Crippen LogP contribution < -0.4 is 0 Å². The third kappa shape index (κ3) is 3.03. The summed E-state index contributed by atoms with van der Waals surface area (Å²) in [7, 11) is 0. The minimum Gasteiger partial charge on any atom is -0.461 e. The first kappa shape index (κ1) is 12.6. The first-order valence-electron chi connectivity index (χ1n) is 5.31. The third-order valence-corrected chi connectivity index (χ3v) is 2.21. The van der Waals surface area contributed by atoms with Gasteiger partial charge in [0.2, 0.25) is 0 Å². The second-order valence-corrected chi connectivity index (χ2v) is 3.60. The highest BCUT2D eigenvalue weighted by Gasteiger charge is 2.17. The molecule has 1 heterocycles. The fourth-order valence-corrected chi connectivity index (χ4v) is 1.27. The Hall–Kier alpha value is -1.43. The lowest BCUT2D eigenvalue weighted by molar-refractivity contribution is 0.0518. The Morgan fingerprint density at radius 3 is 2.88 bits per heavy atom. The van der Waals surface area contributed by atoms with Gasteiger partial charge in [-0.05, 0) is 27.2 Å². The molecule has 6 nitrogen and oxygen atoms in total. The zero-order valence-electron chi connectivity index (χ0n) is 9.80. The van der Waals surface area contributed by atoms with E-state index in [1.807, 2.05) is 0 Å². The highest BCUT2D eigenvalue weighted by Crippen LogP contribution is 2.07. The minimum atomic E-state index is -0.455. The van der Waals surface area contributed by atoms with E-state index >= 15 is 0 Å². The second-order valence-electron chi connectivity index (χ2n) is 3.60. The van der Waals surface area contributed by atoms with Crippen LogP contribution in [0.2, 0.25) is 0 Å². The molecule has 1 atom stereocenters. The number of nitrogens with zero attached hydrogens (tertiary/aromatic N) is 3. The number of esters is 1. The zero-order valence-corrected chi connectivity index (χ0v) is 9.80. The Kier molecular flexibility index (Phi) is 4.42. The summed E-state index contributed by atoms with van der Waals surface area (Å²) in [4.78, 5) is 11.4. The number of hydrogen-bond donors (Lipinski definition) is 1. The summed E-state index contributed by atoms with van der Waals surface area (Å²) in [6.45, 7) is 6.06.